The van der Waals surface area contributed by atoms with E-state index in [1.54, 1.807) is 0 Å². The van der Waals surface area contributed by atoms with Gasteiger partial charge in [-0.05, 0) is 31.5 Å². The van der Waals surface area contributed by atoms with Crippen molar-refractivity contribution in [2.75, 3.05) is 6.54 Å². The van der Waals surface area contributed by atoms with Gasteiger partial charge in [0.1, 0.15) is 5.82 Å². The fraction of sp³-hybridized carbons (Fsp3) is 0.400. The van der Waals surface area contributed by atoms with E-state index < -0.39 is 16.8 Å². The number of halogens is 2. The van der Waals surface area contributed by atoms with E-state index in [-0.39, 0.29) is 23.7 Å². The zero-order valence-corrected chi connectivity index (χ0v) is 9.95. The van der Waals surface area contributed by atoms with Crippen LogP contribution in [0.25, 0.3) is 0 Å². The minimum absolute atomic E-state index is 0. The van der Waals surface area contributed by atoms with Crippen LogP contribution in [0.1, 0.15) is 24.4 Å². The second-order valence-electron chi connectivity index (χ2n) is 3.50. The number of hydrogen-bond acceptors (Lipinski definition) is 4. The molecule has 0 saturated heterocycles. The van der Waals surface area contributed by atoms with E-state index in [2.05, 4.69) is 0 Å². The number of nitrogens with zero attached hydrogens (tertiary/aromatic N) is 1. The van der Waals surface area contributed by atoms with Gasteiger partial charge < -0.3 is 11.5 Å². The van der Waals surface area contributed by atoms with Crippen LogP contribution in [0, 0.1) is 15.9 Å². The highest BCUT2D eigenvalue weighted by Crippen LogP contribution is 2.26. The molecule has 1 aromatic rings. The zero-order valence-electron chi connectivity index (χ0n) is 9.14. The van der Waals surface area contributed by atoms with Crippen molar-refractivity contribution < 1.29 is 9.31 Å². The van der Waals surface area contributed by atoms with Crippen LogP contribution in [0.15, 0.2) is 18.2 Å². The second kappa shape index (κ2) is 7.16. The Morgan fingerprint density at radius 1 is 1.47 bits per heavy atom. The highest BCUT2D eigenvalue weighted by Gasteiger charge is 2.19. The molecule has 0 aliphatic carbocycles. The predicted molar refractivity (Wildman–Crippen MR) is 65.5 cm³/mol. The maximum atomic E-state index is 13.0. The molecule has 1 atom stereocenters. The maximum Gasteiger partial charge on any atom is 0.274 e. The Bertz CT molecular complexity index is 390. The highest BCUT2D eigenvalue weighted by atomic mass is 35.5. The van der Waals surface area contributed by atoms with Gasteiger partial charge in [0.25, 0.3) is 5.69 Å². The predicted octanol–water partition coefficient (Wildman–Crippen LogP) is 1.89. The third-order valence-electron chi connectivity index (χ3n) is 2.30. The number of nitro groups is 1. The smallest absolute Gasteiger partial charge is 0.274 e. The third kappa shape index (κ3) is 4.26. The van der Waals surface area contributed by atoms with Gasteiger partial charge in [-0.15, -0.1) is 12.4 Å². The van der Waals surface area contributed by atoms with Crippen molar-refractivity contribution >= 4 is 18.1 Å². The van der Waals surface area contributed by atoms with Crippen LogP contribution in [0.4, 0.5) is 10.1 Å². The van der Waals surface area contributed by atoms with Crippen LogP contribution in [0.5, 0.6) is 0 Å². The van der Waals surface area contributed by atoms with Gasteiger partial charge in [0.05, 0.1) is 4.92 Å². The quantitative estimate of drug-likeness (QED) is 0.626. The van der Waals surface area contributed by atoms with E-state index in [9.17, 15) is 14.5 Å². The van der Waals surface area contributed by atoms with E-state index in [1.807, 2.05) is 0 Å². The molecule has 1 rings (SSSR count). The molecule has 7 heteroatoms. The van der Waals surface area contributed by atoms with Crippen molar-refractivity contribution in [1.29, 1.82) is 0 Å². The first-order valence-electron chi connectivity index (χ1n) is 4.95. The van der Waals surface area contributed by atoms with E-state index >= 15 is 0 Å². The summed E-state index contributed by atoms with van der Waals surface area (Å²) in [5, 5.41) is 10.7. The van der Waals surface area contributed by atoms with E-state index in [1.165, 1.54) is 0 Å². The Morgan fingerprint density at radius 2 is 2.12 bits per heavy atom. The highest BCUT2D eigenvalue weighted by molar-refractivity contribution is 5.85. The molecule has 0 spiro atoms. The van der Waals surface area contributed by atoms with Crippen LogP contribution < -0.4 is 11.5 Å². The van der Waals surface area contributed by atoms with Crippen LogP contribution in [0.3, 0.4) is 0 Å². The van der Waals surface area contributed by atoms with Crippen LogP contribution in [-0.2, 0) is 0 Å². The SMILES string of the molecule is Cl.NCCC[C@@H](N)c1cc(F)ccc1[N+](=O)[O-]. The molecule has 0 heterocycles. The summed E-state index contributed by atoms with van der Waals surface area (Å²) in [7, 11) is 0. The summed E-state index contributed by atoms with van der Waals surface area (Å²) < 4.78 is 13.0. The number of rotatable bonds is 5. The molecular weight excluding hydrogens is 249 g/mol. The lowest BCUT2D eigenvalue weighted by atomic mass is 10.0. The zero-order chi connectivity index (χ0) is 12.1. The Kier molecular flexibility index (Phi) is 6.64. The fourth-order valence-electron chi connectivity index (χ4n) is 1.48. The molecule has 0 amide bonds. The van der Waals surface area contributed by atoms with E-state index in [4.69, 9.17) is 11.5 Å². The first-order chi connectivity index (χ1) is 7.56. The Balaban J connectivity index is 0.00000256. The average molecular weight is 264 g/mol. The topological polar surface area (TPSA) is 95.2 Å². The van der Waals surface area contributed by atoms with Crippen molar-refractivity contribution in [1.82, 2.24) is 0 Å². The molecule has 96 valence electrons. The lowest BCUT2D eigenvalue weighted by Crippen LogP contribution is -2.14. The normalized spacial score (nSPS) is 11.7. The summed E-state index contributed by atoms with van der Waals surface area (Å²) in [6.45, 7) is 0.455. The van der Waals surface area contributed by atoms with Gasteiger partial charge >= 0.3 is 0 Å². The lowest BCUT2D eigenvalue weighted by molar-refractivity contribution is -0.385. The molecule has 0 aliphatic rings. The average Bonchev–Trinajstić information content (AvgIpc) is 2.25. The molecule has 0 unspecified atom stereocenters. The van der Waals surface area contributed by atoms with Crippen molar-refractivity contribution in [3.05, 3.63) is 39.7 Å². The molecule has 0 aromatic heterocycles. The van der Waals surface area contributed by atoms with Crippen molar-refractivity contribution in [2.24, 2.45) is 11.5 Å². The number of hydrogen-bond donors (Lipinski definition) is 2. The van der Waals surface area contributed by atoms with Gasteiger partial charge in [-0.3, -0.25) is 10.1 Å². The summed E-state index contributed by atoms with van der Waals surface area (Å²) in [4.78, 5) is 10.2. The van der Waals surface area contributed by atoms with Gasteiger partial charge in [0, 0.05) is 17.7 Å². The molecule has 0 aliphatic heterocycles. The van der Waals surface area contributed by atoms with Crippen LogP contribution >= 0.6 is 12.4 Å². The largest absolute Gasteiger partial charge is 0.330 e. The first kappa shape index (κ1) is 15.8. The van der Waals surface area contributed by atoms with E-state index in [0.717, 1.165) is 18.2 Å². The summed E-state index contributed by atoms with van der Waals surface area (Å²) >= 11 is 0. The Morgan fingerprint density at radius 3 is 2.65 bits per heavy atom. The summed E-state index contributed by atoms with van der Waals surface area (Å²) in [6.07, 6.45) is 1.15. The van der Waals surface area contributed by atoms with Gasteiger partial charge in [-0.1, -0.05) is 0 Å². The molecule has 0 saturated carbocycles. The Labute approximate surface area is 105 Å². The summed E-state index contributed by atoms with van der Waals surface area (Å²) in [5.74, 6) is -0.524. The molecule has 0 radical (unpaired) electrons. The maximum absolute atomic E-state index is 13.0. The van der Waals surface area contributed by atoms with E-state index in [0.29, 0.717) is 19.4 Å². The van der Waals surface area contributed by atoms with Crippen LogP contribution in [0.2, 0.25) is 0 Å². The molecular formula is C10H15ClFN3O2. The third-order valence-corrected chi connectivity index (χ3v) is 2.30. The molecule has 0 bridgehead atoms. The van der Waals surface area contributed by atoms with Crippen LogP contribution in [-0.4, -0.2) is 11.5 Å². The molecule has 4 N–H and O–H groups in total. The van der Waals surface area contributed by atoms with Gasteiger partial charge in [0.15, 0.2) is 0 Å². The van der Waals surface area contributed by atoms with Gasteiger partial charge in [-0.2, -0.15) is 0 Å². The molecule has 5 nitrogen and oxygen atoms in total. The number of nitrogens with two attached hydrogens (primary N) is 2. The number of benzene rings is 1. The first-order valence-corrected chi connectivity index (χ1v) is 4.95. The van der Waals surface area contributed by atoms with Crippen molar-refractivity contribution in [2.45, 2.75) is 18.9 Å². The standard InChI is InChI=1S/C10H14FN3O2.ClH/c11-7-3-4-10(14(15)16)8(6-7)9(13)2-1-5-12;/h3-4,6,9H,1-2,5,12-13H2;1H/t9-;/m1./s1. The molecule has 1 aromatic carbocycles. The minimum Gasteiger partial charge on any atom is -0.330 e. The molecule has 0 fully saturated rings. The lowest BCUT2D eigenvalue weighted by Gasteiger charge is -2.11. The second-order valence-corrected chi connectivity index (χ2v) is 3.50. The van der Waals surface area contributed by atoms with Gasteiger partial charge in [-0.25, -0.2) is 4.39 Å². The minimum atomic E-state index is -0.558. The monoisotopic (exact) mass is 263 g/mol. The fourth-order valence-corrected chi connectivity index (χ4v) is 1.48. The summed E-state index contributed by atoms with van der Waals surface area (Å²) in [5.41, 5.74) is 11.2. The Hall–Kier alpha value is -1.24. The molecule has 17 heavy (non-hydrogen) atoms. The van der Waals surface area contributed by atoms with Crippen molar-refractivity contribution in [3.63, 3.8) is 0 Å². The van der Waals surface area contributed by atoms with Gasteiger partial charge in [0.2, 0.25) is 0 Å². The number of nitro benzene ring substituents is 1. The van der Waals surface area contributed by atoms with Crippen molar-refractivity contribution in [3.8, 4) is 0 Å². The summed E-state index contributed by atoms with van der Waals surface area (Å²) in [6, 6.07) is 2.74.